The highest BCUT2D eigenvalue weighted by Crippen LogP contribution is 2.01. The van der Waals surface area contributed by atoms with Crippen molar-refractivity contribution in [2.45, 2.75) is 12.5 Å². The molecule has 0 fully saturated rings. The molecule has 0 spiro atoms. The molecule has 4 N–H and O–H groups in total. The largest absolute Gasteiger partial charge is 0.480 e. The number of nitrogens with two attached hydrogens (primary N) is 1. The summed E-state index contributed by atoms with van der Waals surface area (Å²) in [6.07, 6.45) is 0.326. The van der Waals surface area contributed by atoms with E-state index >= 15 is 0 Å². The summed E-state index contributed by atoms with van der Waals surface area (Å²) in [7, 11) is -3.65. The van der Waals surface area contributed by atoms with E-state index in [0.717, 1.165) is 5.56 Å². The summed E-state index contributed by atoms with van der Waals surface area (Å²) in [5, 5.41) is 8.71. The molecular formula is C11H16N2O4S. The van der Waals surface area contributed by atoms with E-state index < -0.39 is 22.0 Å². The SMILES string of the molecule is NC[C@H](NS(=O)(=O)CCc1ccccc1)C(=O)O. The van der Waals surface area contributed by atoms with Crippen molar-refractivity contribution in [2.24, 2.45) is 5.73 Å². The first kappa shape index (κ1) is 14.6. The molecule has 0 aliphatic carbocycles. The number of benzene rings is 1. The number of aliphatic carboxylic acids is 1. The summed E-state index contributed by atoms with van der Waals surface area (Å²) in [6.45, 7) is -0.278. The van der Waals surface area contributed by atoms with E-state index in [9.17, 15) is 13.2 Å². The van der Waals surface area contributed by atoms with Gasteiger partial charge in [-0.05, 0) is 12.0 Å². The van der Waals surface area contributed by atoms with Crippen molar-refractivity contribution in [3.63, 3.8) is 0 Å². The molecule has 1 aromatic rings. The van der Waals surface area contributed by atoms with Crippen LogP contribution in [0, 0.1) is 0 Å². The number of hydrogen-bond acceptors (Lipinski definition) is 4. The first-order valence-corrected chi connectivity index (χ1v) is 7.06. The van der Waals surface area contributed by atoms with E-state index in [-0.39, 0.29) is 12.3 Å². The summed E-state index contributed by atoms with van der Waals surface area (Å²) in [5.41, 5.74) is 6.06. The molecule has 0 saturated heterocycles. The van der Waals surface area contributed by atoms with Crippen LogP contribution >= 0.6 is 0 Å². The lowest BCUT2D eigenvalue weighted by Gasteiger charge is -2.12. The Bertz CT molecular complexity index is 487. The van der Waals surface area contributed by atoms with Crippen LogP contribution in [0.3, 0.4) is 0 Å². The van der Waals surface area contributed by atoms with Gasteiger partial charge in [-0.15, -0.1) is 0 Å². The van der Waals surface area contributed by atoms with E-state index in [4.69, 9.17) is 10.8 Å². The zero-order chi connectivity index (χ0) is 13.6. The van der Waals surface area contributed by atoms with Crippen LogP contribution in [0.4, 0.5) is 0 Å². The molecule has 18 heavy (non-hydrogen) atoms. The van der Waals surface area contributed by atoms with Gasteiger partial charge >= 0.3 is 5.97 Å². The maximum atomic E-state index is 11.6. The molecule has 100 valence electrons. The number of aryl methyl sites for hydroxylation is 1. The molecule has 1 atom stereocenters. The van der Waals surface area contributed by atoms with Crippen molar-refractivity contribution in [1.29, 1.82) is 0 Å². The van der Waals surface area contributed by atoms with Crippen LogP contribution in [-0.4, -0.2) is 37.8 Å². The lowest BCUT2D eigenvalue weighted by atomic mass is 10.2. The number of sulfonamides is 1. The van der Waals surface area contributed by atoms with Crippen molar-refractivity contribution < 1.29 is 18.3 Å². The third-order valence-corrected chi connectivity index (χ3v) is 3.74. The monoisotopic (exact) mass is 272 g/mol. The predicted molar refractivity (Wildman–Crippen MR) is 67.5 cm³/mol. The summed E-state index contributed by atoms with van der Waals surface area (Å²) < 4.78 is 25.4. The van der Waals surface area contributed by atoms with Crippen molar-refractivity contribution in [1.82, 2.24) is 4.72 Å². The highest BCUT2D eigenvalue weighted by Gasteiger charge is 2.22. The van der Waals surface area contributed by atoms with Crippen LogP contribution < -0.4 is 10.5 Å². The maximum absolute atomic E-state index is 11.6. The van der Waals surface area contributed by atoms with Gasteiger partial charge in [-0.2, -0.15) is 4.72 Å². The van der Waals surface area contributed by atoms with Crippen molar-refractivity contribution in [2.75, 3.05) is 12.3 Å². The normalized spacial score (nSPS) is 13.2. The average Bonchev–Trinajstić information content (AvgIpc) is 2.35. The molecular weight excluding hydrogens is 256 g/mol. The molecule has 0 aromatic heterocycles. The van der Waals surface area contributed by atoms with Gasteiger partial charge in [0.1, 0.15) is 6.04 Å². The molecule has 1 rings (SSSR count). The molecule has 0 unspecified atom stereocenters. The van der Waals surface area contributed by atoms with Crippen LogP contribution in [0.5, 0.6) is 0 Å². The second-order valence-corrected chi connectivity index (χ2v) is 5.67. The summed E-state index contributed by atoms with van der Waals surface area (Å²) in [5.74, 6) is -1.44. The van der Waals surface area contributed by atoms with Crippen molar-refractivity contribution in [3.8, 4) is 0 Å². The fraction of sp³-hybridized carbons (Fsp3) is 0.364. The Morgan fingerprint density at radius 1 is 1.33 bits per heavy atom. The van der Waals surface area contributed by atoms with E-state index in [0.29, 0.717) is 6.42 Å². The molecule has 0 aliphatic rings. The standard InChI is InChI=1S/C11H16N2O4S/c12-8-10(11(14)15)13-18(16,17)7-6-9-4-2-1-3-5-9/h1-5,10,13H,6-8,12H2,(H,14,15)/t10-/m0/s1. The quantitative estimate of drug-likeness (QED) is 0.623. The lowest BCUT2D eigenvalue weighted by Crippen LogP contribution is -2.46. The average molecular weight is 272 g/mol. The van der Waals surface area contributed by atoms with Gasteiger partial charge in [-0.3, -0.25) is 4.79 Å². The fourth-order valence-corrected chi connectivity index (χ4v) is 2.62. The molecule has 1 aromatic carbocycles. The number of rotatable bonds is 7. The molecule has 0 heterocycles. The Kier molecular flexibility index (Phi) is 5.26. The summed E-state index contributed by atoms with van der Waals surface area (Å²) >= 11 is 0. The minimum atomic E-state index is -3.65. The van der Waals surface area contributed by atoms with Gasteiger partial charge in [-0.25, -0.2) is 8.42 Å². The van der Waals surface area contributed by atoms with Gasteiger partial charge in [0.15, 0.2) is 0 Å². The predicted octanol–water partition coefficient (Wildman–Crippen LogP) is -0.440. The van der Waals surface area contributed by atoms with Gasteiger partial charge in [-0.1, -0.05) is 30.3 Å². The molecule has 0 saturated carbocycles. The Balaban J connectivity index is 2.57. The minimum absolute atomic E-state index is 0.166. The number of nitrogens with one attached hydrogen (secondary N) is 1. The van der Waals surface area contributed by atoms with E-state index in [2.05, 4.69) is 4.72 Å². The number of carboxylic acid groups (broad SMARTS) is 1. The first-order chi connectivity index (χ1) is 8.44. The van der Waals surface area contributed by atoms with E-state index in [1.165, 1.54) is 0 Å². The number of carboxylic acids is 1. The van der Waals surface area contributed by atoms with Crippen LogP contribution in [0.1, 0.15) is 5.56 Å². The van der Waals surface area contributed by atoms with Gasteiger partial charge in [0, 0.05) is 6.54 Å². The zero-order valence-electron chi connectivity index (χ0n) is 9.74. The fourth-order valence-electron chi connectivity index (χ4n) is 1.37. The van der Waals surface area contributed by atoms with Crippen molar-refractivity contribution >= 4 is 16.0 Å². The van der Waals surface area contributed by atoms with Crippen LogP contribution in [0.15, 0.2) is 30.3 Å². The Hall–Kier alpha value is -1.44. The second-order valence-electron chi connectivity index (χ2n) is 3.80. The van der Waals surface area contributed by atoms with Crippen molar-refractivity contribution in [3.05, 3.63) is 35.9 Å². The third kappa shape index (κ3) is 4.82. The second kappa shape index (κ2) is 6.48. The Labute approximate surface area is 106 Å². The Morgan fingerprint density at radius 3 is 2.44 bits per heavy atom. The van der Waals surface area contributed by atoms with E-state index in [1.54, 1.807) is 0 Å². The first-order valence-electron chi connectivity index (χ1n) is 5.41. The molecule has 0 aliphatic heterocycles. The van der Waals surface area contributed by atoms with Gasteiger partial charge in [0.2, 0.25) is 10.0 Å². The van der Waals surface area contributed by atoms with Gasteiger partial charge < -0.3 is 10.8 Å². The molecule has 0 bridgehead atoms. The smallest absolute Gasteiger partial charge is 0.323 e. The zero-order valence-corrected chi connectivity index (χ0v) is 10.6. The van der Waals surface area contributed by atoms with Gasteiger partial charge in [0.05, 0.1) is 5.75 Å². The van der Waals surface area contributed by atoms with E-state index in [1.807, 2.05) is 30.3 Å². The topological polar surface area (TPSA) is 109 Å². The molecule has 0 radical (unpaired) electrons. The number of carbonyl (C=O) groups is 1. The maximum Gasteiger partial charge on any atom is 0.323 e. The van der Waals surface area contributed by atoms with Crippen LogP contribution in [0.2, 0.25) is 0 Å². The van der Waals surface area contributed by atoms with Crippen LogP contribution in [-0.2, 0) is 21.2 Å². The van der Waals surface area contributed by atoms with Crippen LogP contribution in [0.25, 0.3) is 0 Å². The highest BCUT2D eigenvalue weighted by atomic mass is 32.2. The minimum Gasteiger partial charge on any atom is -0.480 e. The summed E-state index contributed by atoms with van der Waals surface area (Å²) in [6, 6.07) is 7.82. The van der Waals surface area contributed by atoms with Gasteiger partial charge in [0.25, 0.3) is 0 Å². The third-order valence-electron chi connectivity index (χ3n) is 2.36. The summed E-state index contributed by atoms with van der Waals surface area (Å²) in [4.78, 5) is 10.7. The lowest BCUT2D eigenvalue weighted by molar-refractivity contribution is -0.138. The molecule has 0 amide bonds. The molecule has 7 heteroatoms. The highest BCUT2D eigenvalue weighted by molar-refractivity contribution is 7.89. The number of hydrogen-bond donors (Lipinski definition) is 3. The molecule has 6 nitrogen and oxygen atoms in total. The Morgan fingerprint density at radius 2 is 1.94 bits per heavy atom.